The number of halogens is 1. The molecule has 0 radical (unpaired) electrons. The number of hydrogen-bond donors (Lipinski definition) is 3. The highest BCUT2D eigenvalue weighted by molar-refractivity contribution is 5.94. The van der Waals surface area contributed by atoms with Crippen LogP contribution >= 0.6 is 0 Å². The number of benzene rings is 1. The van der Waals surface area contributed by atoms with E-state index in [0.29, 0.717) is 6.42 Å². The summed E-state index contributed by atoms with van der Waals surface area (Å²) in [6.07, 6.45) is 2.98. The van der Waals surface area contributed by atoms with Crippen molar-refractivity contribution in [3.05, 3.63) is 29.6 Å². The first-order chi connectivity index (χ1) is 10.9. The smallest absolute Gasteiger partial charge is 0.254 e. The molecule has 1 aromatic carbocycles. The molecule has 2 atom stereocenters. The van der Waals surface area contributed by atoms with Crippen molar-refractivity contribution in [2.75, 3.05) is 0 Å². The summed E-state index contributed by atoms with van der Waals surface area (Å²) in [5.41, 5.74) is -0.100. The normalized spacial score (nSPS) is 21.0. The van der Waals surface area contributed by atoms with E-state index >= 15 is 0 Å². The van der Waals surface area contributed by atoms with E-state index in [0.717, 1.165) is 25.3 Å². The molecule has 1 fully saturated rings. The molecule has 6 heteroatoms. The minimum atomic E-state index is -0.757. The third-order valence-corrected chi connectivity index (χ3v) is 4.01. The summed E-state index contributed by atoms with van der Waals surface area (Å²) in [6, 6.07) is 3.38. The first kappa shape index (κ1) is 17.2. The summed E-state index contributed by atoms with van der Waals surface area (Å²) in [5.74, 6) is -1.61. The van der Waals surface area contributed by atoms with E-state index < -0.39 is 11.7 Å². The predicted octanol–water partition coefficient (Wildman–Crippen LogP) is 2.34. The average molecular weight is 322 g/mol. The van der Waals surface area contributed by atoms with Gasteiger partial charge in [0.1, 0.15) is 11.6 Å². The van der Waals surface area contributed by atoms with Crippen molar-refractivity contribution in [3.63, 3.8) is 0 Å². The molecular formula is C17H23FN2O3. The Hall–Kier alpha value is -2.11. The lowest BCUT2D eigenvalue weighted by Crippen LogP contribution is -2.43. The summed E-state index contributed by atoms with van der Waals surface area (Å²) in [7, 11) is 0. The highest BCUT2D eigenvalue weighted by Crippen LogP contribution is 2.25. The highest BCUT2D eigenvalue weighted by Gasteiger charge is 2.29. The van der Waals surface area contributed by atoms with E-state index in [9.17, 15) is 19.1 Å². The van der Waals surface area contributed by atoms with Gasteiger partial charge in [-0.1, -0.05) is 6.42 Å². The Morgan fingerprint density at radius 1 is 1.30 bits per heavy atom. The predicted molar refractivity (Wildman–Crippen MR) is 84.6 cm³/mol. The molecule has 0 aliphatic heterocycles. The van der Waals surface area contributed by atoms with Crippen LogP contribution in [0.1, 0.15) is 49.9 Å². The van der Waals surface area contributed by atoms with E-state index in [1.807, 2.05) is 13.8 Å². The van der Waals surface area contributed by atoms with Crippen molar-refractivity contribution in [1.29, 1.82) is 0 Å². The fraction of sp³-hybridized carbons (Fsp3) is 0.529. The number of aromatic hydroxyl groups is 1. The van der Waals surface area contributed by atoms with Crippen molar-refractivity contribution in [2.24, 2.45) is 5.92 Å². The molecule has 1 aromatic rings. The molecule has 3 N–H and O–H groups in total. The fourth-order valence-electron chi connectivity index (χ4n) is 2.91. The van der Waals surface area contributed by atoms with E-state index in [2.05, 4.69) is 10.6 Å². The standard InChI is InChI=1S/C17H23FN2O3/c1-10(2)19-16(22)11-4-3-5-12(8-11)20-17(23)14-7-6-13(21)9-15(14)18/h6-7,9-12,21H,3-5,8H2,1-2H3,(H,19,22)(H,20,23)/t11-,12+/m1/s1. The second kappa shape index (κ2) is 7.44. The Balaban J connectivity index is 1.96. The van der Waals surface area contributed by atoms with Gasteiger partial charge < -0.3 is 15.7 Å². The Kier molecular flexibility index (Phi) is 5.58. The second-order valence-electron chi connectivity index (χ2n) is 6.36. The summed E-state index contributed by atoms with van der Waals surface area (Å²) < 4.78 is 13.7. The van der Waals surface area contributed by atoms with Gasteiger partial charge in [-0.05, 0) is 45.2 Å². The minimum Gasteiger partial charge on any atom is -0.508 e. The Bertz CT molecular complexity index is 589. The Morgan fingerprint density at radius 3 is 2.70 bits per heavy atom. The van der Waals surface area contributed by atoms with Crippen molar-refractivity contribution in [3.8, 4) is 5.75 Å². The van der Waals surface area contributed by atoms with Gasteiger partial charge in [0, 0.05) is 24.1 Å². The molecule has 5 nitrogen and oxygen atoms in total. The molecule has 0 spiro atoms. The molecule has 126 valence electrons. The van der Waals surface area contributed by atoms with Gasteiger partial charge in [-0.15, -0.1) is 0 Å². The lowest BCUT2D eigenvalue weighted by Gasteiger charge is -2.29. The van der Waals surface area contributed by atoms with Gasteiger partial charge >= 0.3 is 0 Å². The van der Waals surface area contributed by atoms with Gasteiger partial charge in [0.05, 0.1) is 5.56 Å². The largest absolute Gasteiger partial charge is 0.508 e. The number of phenolic OH excluding ortho intramolecular Hbond substituents is 1. The summed E-state index contributed by atoms with van der Waals surface area (Å²) in [6.45, 7) is 3.82. The first-order valence-corrected chi connectivity index (χ1v) is 7.96. The lowest BCUT2D eigenvalue weighted by molar-refractivity contribution is -0.126. The molecule has 0 aromatic heterocycles. The molecule has 0 unspecified atom stereocenters. The third kappa shape index (κ3) is 4.68. The van der Waals surface area contributed by atoms with Crippen LogP contribution < -0.4 is 10.6 Å². The zero-order valence-electron chi connectivity index (χ0n) is 13.4. The quantitative estimate of drug-likeness (QED) is 0.796. The van der Waals surface area contributed by atoms with Crippen molar-refractivity contribution in [2.45, 2.75) is 51.6 Å². The van der Waals surface area contributed by atoms with Crippen LogP contribution in [-0.2, 0) is 4.79 Å². The SMILES string of the molecule is CC(C)NC(=O)[C@@H]1CCC[C@H](NC(=O)c2ccc(O)cc2F)C1. The first-order valence-electron chi connectivity index (χ1n) is 7.96. The van der Waals surface area contributed by atoms with Crippen LogP contribution in [0, 0.1) is 11.7 Å². The van der Waals surface area contributed by atoms with Crippen LogP contribution in [0.5, 0.6) is 5.75 Å². The van der Waals surface area contributed by atoms with Crippen molar-refractivity contribution >= 4 is 11.8 Å². The zero-order chi connectivity index (χ0) is 17.0. The molecule has 23 heavy (non-hydrogen) atoms. The molecule has 1 saturated carbocycles. The number of carbonyl (C=O) groups excluding carboxylic acids is 2. The number of rotatable bonds is 4. The van der Waals surface area contributed by atoms with Crippen molar-refractivity contribution in [1.82, 2.24) is 10.6 Å². The summed E-state index contributed by atoms with van der Waals surface area (Å²) in [4.78, 5) is 24.3. The Labute approximate surface area is 135 Å². The maximum Gasteiger partial charge on any atom is 0.254 e. The van der Waals surface area contributed by atoms with Gasteiger partial charge in [0.15, 0.2) is 0 Å². The van der Waals surface area contributed by atoms with Gasteiger partial charge in [0.25, 0.3) is 5.91 Å². The van der Waals surface area contributed by atoms with E-state index in [1.165, 1.54) is 12.1 Å². The van der Waals surface area contributed by atoms with E-state index in [-0.39, 0.29) is 35.2 Å². The van der Waals surface area contributed by atoms with Gasteiger partial charge in [-0.3, -0.25) is 9.59 Å². The number of hydrogen-bond acceptors (Lipinski definition) is 3. The molecule has 0 heterocycles. The average Bonchev–Trinajstić information content (AvgIpc) is 2.46. The molecule has 1 aliphatic rings. The van der Waals surface area contributed by atoms with Crippen molar-refractivity contribution < 1.29 is 19.1 Å². The summed E-state index contributed by atoms with van der Waals surface area (Å²) >= 11 is 0. The Morgan fingerprint density at radius 2 is 2.04 bits per heavy atom. The minimum absolute atomic E-state index is 0.00904. The maximum absolute atomic E-state index is 13.7. The molecule has 1 aliphatic carbocycles. The number of phenols is 1. The molecule has 2 rings (SSSR count). The fourth-order valence-corrected chi connectivity index (χ4v) is 2.91. The van der Waals surface area contributed by atoms with Gasteiger partial charge in [-0.25, -0.2) is 4.39 Å². The van der Waals surface area contributed by atoms with E-state index in [1.54, 1.807) is 0 Å². The molecular weight excluding hydrogens is 299 g/mol. The van der Waals surface area contributed by atoms with Gasteiger partial charge in [-0.2, -0.15) is 0 Å². The van der Waals surface area contributed by atoms with E-state index in [4.69, 9.17) is 0 Å². The lowest BCUT2D eigenvalue weighted by atomic mass is 9.85. The number of nitrogens with one attached hydrogen (secondary N) is 2. The third-order valence-electron chi connectivity index (χ3n) is 4.01. The topological polar surface area (TPSA) is 78.4 Å². The molecule has 2 amide bonds. The maximum atomic E-state index is 13.7. The summed E-state index contributed by atoms with van der Waals surface area (Å²) in [5, 5.41) is 14.9. The second-order valence-corrected chi connectivity index (χ2v) is 6.36. The van der Waals surface area contributed by atoms with Crippen LogP contribution in [0.25, 0.3) is 0 Å². The van der Waals surface area contributed by atoms with Crippen LogP contribution in [0.3, 0.4) is 0 Å². The molecule has 0 bridgehead atoms. The van der Waals surface area contributed by atoms with Gasteiger partial charge in [0.2, 0.25) is 5.91 Å². The highest BCUT2D eigenvalue weighted by atomic mass is 19.1. The van der Waals surface area contributed by atoms with Crippen LogP contribution in [-0.4, -0.2) is 29.0 Å². The number of amides is 2. The number of carbonyl (C=O) groups is 2. The van der Waals surface area contributed by atoms with Crippen LogP contribution in [0.2, 0.25) is 0 Å². The molecule has 0 saturated heterocycles. The van der Waals surface area contributed by atoms with Crippen LogP contribution in [0.15, 0.2) is 18.2 Å². The monoisotopic (exact) mass is 322 g/mol. The zero-order valence-corrected chi connectivity index (χ0v) is 13.4. The van der Waals surface area contributed by atoms with Crippen LogP contribution in [0.4, 0.5) is 4.39 Å².